The van der Waals surface area contributed by atoms with Gasteiger partial charge in [0, 0.05) is 11.9 Å². The molecule has 2 heteroatoms. The number of alkyl halides is 1. The molecule has 1 aromatic carbocycles. The Hall–Kier alpha value is -0.340. The molecule has 96 valence electrons. The number of ether oxygens (including phenoxy) is 1. The van der Waals surface area contributed by atoms with E-state index in [1.165, 1.54) is 24.0 Å². The fourth-order valence-corrected chi connectivity index (χ4v) is 2.43. The second-order valence-corrected chi connectivity index (χ2v) is 5.43. The normalized spacial score (nSPS) is 14.6. The van der Waals surface area contributed by atoms with Crippen LogP contribution in [0.5, 0.6) is 0 Å². The molecule has 0 bridgehead atoms. The summed E-state index contributed by atoms with van der Waals surface area (Å²) >= 11 is 3.54. The van der Waals surface area contributed by atoms with Gasteiger partial charge in [-0.25, -0.2) is 0 Å². The highest BCUT2D eigenvalue weighted by molar-refractivity contribution is 9.09. The first-order chi connectivity index (χ1) is 8.17. The van der Waals surface area contributed by atoms with Gasteiger partial charge in [0.1, 0.15) is 0 Å². The molecule has 0 spiro atoms. The third-order valence-corrected chi connectivity index (χ3v) is 3.54. The molecule has 0 saturated carbocycles. The largest absolute Gasteiger partial charge is 0.372 e. The van der Waals surface area contributed by atoms with E-state index in [4.69, 9.17) is 4.74 Å². The van der Waals surface area contributed by atoms with Crippen LogP contribution in [-0.2, 0) is 4.74 Å². The number of hydrogen-bond acceptors (Lipinski definition) is 1. The zero-order chi connectivity index (χ0) is 12.7. The van der Waals surface area contributed by atoms with E-state index in [1.807, 2.05) is 0 Å². The van der Waals surface area contributed by atoms with E-state index >= 15 is 0 Å². The van der Waals surface area contributed by atoms with Crippen LogP contribution in [0, 0.1) is 12.8 Å². The van der Waals surface area contributed by atoms with E-state index in [0.29, 0.717) is 5.92 Å². The first-order valence-electron chi connectivity index (χ1n) is 6.41. The van der Waals surface area contributed by atoms with Crippen molar-refractivity contribution < 1.29 is 4.74 Å². The quantitative estimate of drug-likeness (QED) is 0.652. The first-order valence-corrected chi connectivity index (χ1v) is 7.53. The third-order valence-electron chi connectivity index (χ3n) is 2.95. The van der Waals surface area contributed by atoms with Crippen molar-refractivity contribution in [3.05, 3.63) is 35.4 Å². The number of benzene rings is 1. The van der Waals surface area contributed by atoms with Crippen molar-refractivity contribution in [1.29, 1.82) is 0 Å². The Labute approximate surface area is 114 Å². The summed E-state index contributed by atoms with van der Waals surface area (Å²) in [5.74, 6) is 0.645. The summed E-state index contributed by atoms with van der Waals surface area (Å²) in [5, 5.41) is 0.856. The number of hydrogen-bond donors (Lipinski definition) is 0. The monoisotopic (exact) mass is 298 g/mol. The summed E-state index contributed by atoms with van der Waals surface area (Å²) in [4.78, 5) is 0. The topological polar surface area (TPSA) is 9.23 Å². The van der Waals surface area contributed by atoms with Gasteiger partial charge < -0.3 is 4.74 Å². The molecule has 0 aromatic heterocycles. The van der Waals surface area contributed by atoms with E-state index in [2.05, 4.69) is 61.0 Å². The van der Waals surface area contributed by atoms with Crippen molar-refractivity contribution >= 4 is 15.9 Å². The number of rotatable bonds is 7. The molecule has 0 amide bonds. The van der Waals surface area contributed by atoms with E-state index in [-0.39, 0.29) is 6.10 Å². The summed E-state index contributed by atoms with van der Waals surface area (Å²) < 4.78 is 5.98. The summed E-state index contributed by atoms with van der Waals surface area (Å²) in [6, 6.07) is 8.60. The van der Waals surface area contributed by atoms with Crippen molar-refractivity contribution in [3.8, 4) is 0 Å². The van der Waals surface area contributed by atoms with Gasteiger partial charge in [-0.05, 0) is 24.8 Å². The minimum atomic E-state index is 0.176. The molecule has 1 nitrogen and oxygen atoms in total. The zero-order valence-electron chi connectivity index (χ0n) is 11.1. The lowest BCUT2D eigenvalue weighted by Crippen LogP contribution is -2.12. The van der Waals surface area contributed by atoms with E-state index in [0.717, 1.165) is 11.9 Å². The van der Waals surface area contributed by atoms with Crippen molar-refractivity contribution in [2.45, 2.75) is 39.7 Å². The Morgan fingerprint density at radius 3 is 2.41 bits per heavy atom. The Bertz CT molecular complexity index is 307. The van der Waals surface area contributed by atoms with Gasteiger partial charge in [0.2, 0.25) is 0 Å². The molecule has 2 atom stereocenters. The summed E-state index contributed by atoms with van der Waals surface area (Å²) in [6.45, 7) is 7.43. The van der Waals surface area contributed by atoms with Gasteiger partial charge in [0.15, 0.2) is 0 Å². The maximum atomic E-state index is 5.98. The van der Waals surface area contributed by atoms with Gasteiger partial charge in [-0.2, -0.15) is 0 Å². The molecule has 0 fully saturated rings. The summed E-state index contributed by atoms with van der Waals surface area (Å²) in [6.07, 6.45) is 2.65. The van der Waals surface area contributed by atoms with Gasteiger partial charge in [-0.1, -0.05) is 66.0 Å². The molecular formula is C15H23BrO. The van der Waals surface area contributed by atoms with Gasteiger partial charge in [0.25, 0.3) is 0 Å². The average molecular weight is 299 g/mol. The van der Waals surface area contributed by atoms with E-state index in [1.54, 1.807) is 0 Å². The van der Waals surface area contributed by atoms with Gasteiger partial charge >= 0.3 is 0 Å². The van der Waals surface area contributed by atoms with E-state index in [9.17, 15) is 0 Å². The third kappa shape index (κ3) is 5.22. The highest BCUT2D eigenvalue weighted by Gasteiger charge is 2.12. The highest BCUT2D eigenvalue weighted by atomic mass is 79.9. The molecule has 2 unspecified atom stereocenters. The minimum Gasteiger partial charge on any atom is -0.372 e. The smallest absolute Gasteiger partial charge is 0.0921 e. The van der Waals surface area contributed by atoms with Crippen LogP contribution in [0.2, 0.25) is 0 Å². The maximum Gasteiger partial charge on any atom is 0.0921 e. The minimum absolute atomic E-state index is 0.176. The van der Waals surface area contributed by atoms with Crippen molar-refractivity contribution in [2.75, 3.05) is 11.9 Å². The van der Waals surface area contributed by atoms with Crippen molar-refractivity contribution in [3.63, 3.8) is 0 Å². The lowest BCUT2D eigenvalue weighted by atomic mass is 10.1. The molecule has 0 saturated heterocycles. The molecule has 0 aliphatic carbocycles. The van der Waals surface area contributed by atoms with Crippen molar-refractivity contribution in [2.24, 2.45) is 5.92 Å². The highest BCUT2D eigenvalue weighted by Crippen LogP contribution is 2.21. The zero-order valence-corrected chi connectivity index (χ0v) is 12.7. The summed E-state index contributed by atoms with van der Waals surface area (Å²) in [7, 11) is 0. The van der Waals surface area contributed by atoms with Crippen LogP contribution in [0.15, 0.2) is 24.3 Å². The van der Waals surface area contributed by atoms with Gasteiger partial charge in [-0.3, -0.25) is 0 Å². The van der Waals surface area contributed by atoms with Crippen LogP contribution >= 0.6 is 15.9 Å². The predicted octanol–water partition coefficient (Wildman–Crippen LogP) is 4.88. The molecule has 17 heavy (non-hydrogen) atoms. The Kier molecular flexibility index (Phi) is 6.83. The maximum absolute atomic E-state index is 5.98. The number of aryl methyl sites for hydroxylation is 1. The van der Waals surface area contributed by atoms with Crippen LogP contribution in [-0.4, -0.2) is 11.9 Å². The second kappa shape index (κ2) is 7.88. The Morgan fingerprint density at radius 2 is 1.88 bits per heavy atom. The molecule has 0 N–H and O–H groups in total. The fraction of sp³-hybridized carbons (Fsp3) is 0.600. The lowest BCUT2D eigenvalue weighted by molar-refractivity contribution is 0.0449. The molecule has 0 radical (unpaired) electrons. The Balaban J connectivity index is 2.51. The predicted molar refractivity (Wildman–Crippen MR) is 77.7 cm³/mol. The molecule has 0 heterocycles. The van der Waals surface area contributed by atoms with Crippen LogP contribution in [0.25, 0.3) is 0 Å². The SMILES string of the molecule is CCCC(C)COC(CBr)c1ccc(C)cc1. The standard InChI is InChI=1S/C15H23BrO/c1-4-5-13(3)11-17-15(10-16)14-8-6-12(2)7-9-14/h6-9,13,15H,4-5,10-11H2,1-3H3. The second-order valence-electron chi connectivity index (χ2n) is 4.78. The molecule has 0 aliphatic rings. The molecule has 1 aromatic rings. The first kappa shape index (κ1) is 14.7. The van der Waals surface area contributed by atoms with Crippen molar-refractivity contribution in [1.82, 2.24) is 0 Å². The van der Waals surface area contributed by atoms with Crippen LogP contribution < -0.4 is 0 Å². The Morgan fingerprint density at radius 1 is 1.24 bits per heavy atom. The van der Waals surface area contributed by atoms with Gasteiger partial charge in [0.05, 0.1) is 6.10 Å². The molecule has 0 aliphatic heterocycles. The fourth-order valence-electron chi connectivity index (χ4n) is 1.87. The molecule has 1 rings (SSSR count). The lowest BCUT2D eigenvalue weighted by Gasteiger charge is -2.19. The molecular weight excluding hydrogens is 276 g/mol. The van der Waals surface area contributed by atoms with Crippen LogP contribution in [0.3, 0.4) is 0 Å². The van der Waals surface area contributed by atoms with Crippen LogP contribution in [0.4, 0.5) is 0 Å². The average Bonchev–Trinajstić information content (AvgIpc) is 2.32. The van der Waals surface area contributed by atoms with Gasteiger partial charge in [-0.15, -0.1) is 0 Å². The van der Waals surface area contributed by atoms with Crippen LogP contribution in [0.1, 0.15) is 43.9 Å². The van der Waals surface area contributed by atoms with E-state index < -0.39 is 0 Å². The summed E-state index contributed by atoms with van der Waals surface area (Å²) in [5.41, 5.74) is 2.55. The number of halogens is 1.